The molecule has 2 unspecified atom stereocenters. The third kappa shape index (κ3) is 5.12. The highest BCUT2D eigenvalue weighted by Crippen LogP contribution is 2.29. The molecule has 0 bridgehead atoms. The molecule has 1 heterocycles. The topological polar surface area (TPSA) is 67.1 Å². The minimum absolute atomic E-state index is 0.540. The van der Waals surface area contributed by atoms with Gasteiger partial charge in [-0.1, -0.05) is 19.8 Å². The van der Waals surface area contributed by atoms with Crippen molar-refractivity contribution in [1.29, 1.82) is 0 Å². The third-order valence-corrected chi connectivity index (χ3v) is 6.62. The van der Waals surface area contributed by atoms with Gasteiger partial charge in [0.1, 0.15) is 12.4 Å². The number of hydrogen-bond acceptors (Lipinski definition) is 4. The van der Waals surface area contributed by atoms with Gasteiger partial charge in [-0.15, -0.1) is 10.2 Å². The van der Waals surface area contributed by atoms with Crippen molar-refractivity contribution in [2.24, 2.45) is 12.0 Å². The van der Waals surface area contributed by atoms with E-state index in [1.165, 1.54) is 50.7 Å². The molecule has 0 amide bonds. The first-order chi connectivity index (χ1) is 12.2. The quantitative estimate of drug-likeness (QED) is 0.600. The number of aliphatic imine (C=N–C) groups is 1. The van der Waals surface area contributed by atoms with E-state index in [-0.39, 0.29) is 0 Å². The molecule has 0 spiro atoms. The predicted octanol–water partition coefficient (Wildman–Crippen LogP) is 2.78. The van der Waals surface area contributed by atoms with Gasteiger partial charge in [0, 0.05) is 24.4 Å². The van der Waals surface area contributed by atoms with Crippen LogP contribution in [0.25, 0.3) is 0 Å². The largest absolute Gasteiger partial charge is 0.354 e. The lowest BCUT2D eigenvalue weighted by molar-refractivity contribution is 0.571. The Balaban J connectivity index is 1.62. The summed E-state index contributed by atoms with van der Waals surface area (Å²) in [6, 6.07) is 1.10. The summed E-state index contributed by atoms with van der Waals surface area (Å²) < 4.78 is 2.01. The summed E-state index contributed by atoms with van der Waals surface area (Å²) >= 11 is 2.10. The lowest BCUT2D eigenvalue weighted by Gasteiger charge is -2.21. The molecule has 7 heteroatoms. The van der Waals surface area contributed by atoms with E-state index in [2.05, 4.69) is 39.5 Å². The summed E-state index contributed by atoms with van der Waals surface area (Å²) in [4.78, 5) is 4.83. The zero-order valence-corrected chi connectivity index (χ0v) is 16.6. The van der Waals surface area contributed by atoms with E-state index in [0.29, 0.717) is 18.6 Å². The van der Waals surface area contributed by atoms with Crippen LogP contribution in [0.1, 0.15) is 63.5 Å². The Morgan fingerprint density at radius 2 is 1.92 bits per heavy atom. The number of nitrogens with one attached hydrogen (secondary N) is 2. The Labute approximate surface area is 155 Å². The Morgan fingerprint density at radius 3 is 2.60 bits per heavy atom. The van der Waals surface area contributed by atoms with Crippen LogP contribution in [0.3, 0.4) is 0 Å². The van der Waals surface area contributed by atoms with Gasteiger partial charge in [-0.3, -0.25) is 0 Å². The summed E-state index contributed by atoms with van der Waals surface area (Å²) in [6.07, 6.45) is 8.96. The summed E-state index contributed by atoms with van der Waals surface area (Å²) in [5.41, 5.74) is 0. The van der Waals surface area contributed by atoms with Crippen LogP contribution >= 0.6 is 11.8 Å². The average molecular weight is 365 g/mol. The maximum Gasteiger partial charge on any atom is 0.192 e. The summed E-state index contributed by atoms with van der Waals surface area (Å²) in [5, 5.41) is 16.5. The lowest BCUT2D eigenvalue weighted by atomic mass is 10.2. The number of thioether (sulfide) groups is 1. The van der Waals surface area contributed by atoms with Crippen molar-refractivity contribution < 1.29 is 0 Å². The third-order valence-electron chi connectivity index (χ3n) is 5.39. The molecule has 0 radical (unpaired) electrons. The molecule has 2 atom stereocenters. The average Bonchev–Trinajstić information content (AvgIpc) is 3.32. The molecule has 0 aliphatic heterocycles. The molecule has 0 aromatic carbocycles. The first-order valence-electron chi connectivity index (χ1n) is 9.69. The first-order valence-corrected chi connectivity index (χ1v) is 10.7. The van der Waals surface area contributed by atoms with Crippen molar-refractivity contribution in [2.75, 3.05) is 5.75 Å². The van der Waals surface area contributed by atoms with Gasteiger partial charge in [0.2, 0.25) is 0 Å². The van der Waals surface area contributed by atoms with Crippen molar-refractivity contribution in [3.8, 4) is 0 Å². The molecular weight excluding hydrogens is 332 g/mol. The molecule has 6 nitrogen and oxygen atoms in total. The fraction of sp³-hybridized carbons (Fsp3) is 0.833. The number of guanidine groups is 1. The van der Waals surface area contributed by atoms with Gasteiger partial charge in [-0.2, -0.15) is 11.8 Å². The molecule has 1 aromatic heterocycles. The predicted molar refractivity (Wildman–Crippen MR) is 105 cm³/mol. The second-order valence-electron chi connectivity index (χ2n) is 7.24. The SMILES string of the molecule is CCSC1CCC(NC(=NCc2nnc(C)n2C)NC2CCCC2)C1. The highest BCUT2D eigenvalue weighted by molar-refractivity contribution is 7.99. The van der Waals surface area contributed by atoms with Gasteiger partial charge < -0.3 is 15.2 Å². The minimum Gasteiger partial charge on any atom is -0.354 e. The molecule has 2 aliphatic rings. The van der Waals surface area contributed by atoms with E-state index < -0.39 is 0 Å². The molecule has 25 heavy (non-hydrogen) atoms. The van der Waals surface area contributed by atoms with Crippen molar-refractivity contribution in [1.82, 2.24) is 25.4 Å². The van der Waals surface area contributed by atoms with Crippen molar-refractivity contribution in [3.05, 3.63) is 11.6 Å². The van der Waals surface area contributed by atoms with Gasteiger partial charge in [0.25, 0.3) is 0 Å². The maximum absolute atomic E-state index is 4.83. The van der Waals surface area contributed by atoms with E-state index in [1.807, 2.05) is 18.5 Å². The highest BCUT2D eigenvalue weighted by Gasteiger charge is 2.26. The maximum atomic E-state index is 4.83. The van der Waals surface area contributed by atoms with Crippen LogP contribution in [0.4, 0.5) is 0 Å². The Bertz CT molecular complexity index is 578. The molecule has 2 aliphatic carbocycles. The van der Waals surface area contributed by atoms with Crippen molar-refractivity contribution in [2.45, 2.75) is 82.7 Å². The Morgan fingerprint density at radius 1 is 1.16 bits per heavy atom. The van der Waals surface area contributed by atoms with Gasteiger partial charge in [-0.05, 0) is 44.8 Å². The van der Waals surface area contributed by atoms with Crippen LogP contribution in [0.5, 0.6) is 0 Å². The fourth-order valence-electron chi connectivity index (χ4n) is 3.79. The molecule has 2 fully saturated rings. The lowest BCUT2D eigenvalue weighted by Crippen LogP contribution is -2.46. The van der Waals surface area contributed by atoms with E-state index >= 15 is 0 Å². The monoisotopic (exact) mass is 364 g/mol. The van der Waals surface area contributed by atoms with Crippen LogP contribution in [-0.2, 0) is 13.6 Å². The first kappa shape index (κ1) is 18.5. The number of aromatic nitrogens is 3. The van der Waals surface area contributed by atoms with E-state index in [9.17, 15) is 0 Å². The van der Waals surface area contributed by atoms with E-state index in [0.717, 1.165) is 22.9 Å². The highest BCUT2D eigenvalue weighted by atomic mass is 32.2. The standard InChI is InChI=1S/C18H32N6S/c1-4-25-16-10-9-15(11-16)21-18(20-14-7-5-6-8-14)19-12-17-23-22-13(2)24(17)3/h14-16H,4-12H2,1-3H3,(H2,19,20,21). The number of rotatable bonds is 6. The number of nitrogens with zero attached hydrogens (tertiary/aromatic N) is 4. The molecule has 140 valence electrons. The van der Waals surface area contributed by atoms with Crippen LogP contribution < -0.4 is 10.6 Å². The van der Waals surface area contributed by atoms with Crippen LogP contribution in [0, 0.1) is 6.92 Å². The summed E-state index contributed by atoms with van der Waals surface area (Å²) in [6.45, 7) is 4.79. The van der Waals surface area contributed by atoms with Crippen molar-refractivity contribution >= 4 is 17.7 Å². The molecule has 3 rings (SSSR count). The zero-order valence-electron chi connectivity index (χ0n) is 15.8. The zero-order chi connectivity index (χ0) is 17.6. The molecule has 0 saturated heterocycles. The van der Waals surface area contributed by atoms with Crippen LogP contribution in [0.2, 0.25) is 0 Å². The van der Waals surface area contributed by atoms with E-state index in [1.54, 1.807) is 0 Å². The second-order valence-corrected chi connectivity index (χ2v) is 8.82. The van der Waals surface area contributed by atoms with Gasteiger partial charge in [0.15, 0.2) is 11.8 Å². The number of aryl methyl sites for hydroxylation is 1. The second kappa shape index (κ2) is 8.92. The molecule has 2 saturated carbocycles. The smallest absolute Gasteiger partial charge is 0.192 e. The van der Waals surface area contributed by atoms with E-state index in [4.69, 9.17) is 4.99 Å². The van der Waals surface area contributed by atoms with Gasteiger partial charge in [0.05, 0.1) is 0 Å². The number of hydrogen-bond donors (Lipinski definition) is 2. The minimum atomic E-state index is 0.540. The Hall–Kier alpha value is -1.24. The van der Waals surface area contributed by atoms with Gasteiger partial charge in [-0.25, -0.2) is 4.99 Å². The van der Waals surface area contributed by atoms with Gasteiger partial charge >= 0.3 is 0 Å². The molecular formula is C18H32N6S. The normalized spacial score (nSPS) is 24.8. The van der Waals surface area contributed by atoms with Crippen LogP contribution in [0.15, 0.2) is 4.99 Å². The Kier molecular flexibility index (Phi) is 6.62. The summed E-state index contributed by atoms with van der Waals surface area (Å²) in [7, 11) is 2.00. The fourth-order valence-corrected chi connectivity index (χ4v) is 4.93. The molecule has 1 aromatic rings. The van der Waals surface area contributed by atoms with Crippen LogP contribution in [-0.4, -0.2) is 43.8 Å². The van der Waals surface area contributed by atoms with Crippen molar-refractivity contribution in [3.63, 3.8) is 0 Å². The summed E-state index contributed by atoms with van der Waals surface area (Å²) in [5.74, 6) is 4.01. The molecule has 2 N–H and O–H groups in total.